The summed E-state index contributed by atoms with van der Waals surface area (Å²) in [5.74, 6) is 0. The van der Waals surface area contributed by atoms with Gasteiger partial charge in [0.1, 0.15) is 0 Å². The van der Waals surface area contributed by atoms with E-state index >= 15 is 0 Å². The van der Waals surface area contributed by atoms with Crippen molar-refractivity contribution in [3.05, 3.63) is 173 Å². The Morgan fingerprint density at radius 2 is 1.08 bits per heavy atom. The topological polar surface area (TPSA) is 0 Å². The van der Waals surface area contributed by atoms with Crippen LogP contribution in [0.2, 0.25) is 3.63 Å². The minimum Gasteiger partial charge on any atom is -1.00 e. The van der Waals surface area contributed by atoms with Crippen LogP contribution in [0.25, 0.3) is 32.7 Å². The van der Waals surface area contributed by atoms with Gasteiger partial charge in [0, 0.05) is 0 Å². The smallest absolute Gasteiger partial charge is 1.00 e. The van der Waals surface area contributed by atoms with Gasteiger partial charge in [0.05, 0.1) is 0 Å². The summed E-state index contributed by atoms with van der Waals surface area (Å²) >= 11 is -3.37. The van der Waals surface area contributed by atoms with Crippen LogP contribution in [0.3, 0.4) is 0 Å². The average molecular weight is 795 g/mol. The van der Waals surface area contributed by atoms with Gasteiger partial charge < -0.3 is 24.8 Å². The first-order valence-electron chi connectivity index (χ1n) is 15.6. The van der Waals surface area contributed by atoms with Crippen molar-refractivity contribution >= 4 is 28.0 Å². The fourth-order valence-corrected chi connectivity index (χ4v) is 15.6. The van der Waals surface area contributed by atoms with E-state index in [0.717, 1.165) is 50.1 Å². The molecule has 9 heteroatoms. The van der Waals surface area contributed by atoms with Crippen molar-refractivity contribution in [2.24, 2.45) is 0 Å². The second-order valence-corrected chi connectivity index (χ2v) is 18.4. The molecule has 50 heavy (non-hydrogen) atoms. The van der Waals surface area contributed by atoms with Gasteiger partial charge in [-0.05, 0) is 0 Å². The van der Waals surface area contributed by atoms with Crippen LogP contribution in [-0.2, 0) is 40.0 Å². The van der Waals surface area contributed by atoms with E-state index in [1.165, 1.54) is 55.2 Å². The number of hydrogen-bond acceptors (Lipinski definition) is 0. The Bertz CT molecular complexity index is 2260. The fourth-order valence-electron chi connectivity index (χ4n) is 7.38. The maximum absolute atomic E-state index is 13.7. The molecule has 250 valence electrons. The second kappa shape index (κ2) is 13.7. The molecule has 0 N–H and O–H groups in total. The molecule has 0 aliphatic heterocycles. The Balaban J connectivity index is 0.00000216. The van der Waals surface area contributed by atoms with Crippen molar-refractivity contribution < 1.29 is 72.4 Å². The number of fused-ring (bicyclic) bond motifs is 8. The largest absolute Gasteiger partial charge is 1.00 e. The fraction of sp³-hybridized carbons (Fsp3) is 0.0976. The van der Waals surface area contributed by atoms with E-state index in [9.17, 15) is 26.3 Å². The van der Waals surface area contributed by atoms with E-state index < -0.39 is 44.7 Å². The predicted octanol–water partition coefficient (Wildman–Crippen LogP) is 5.04. The zero-order chi connectivity index (χ0) is 33.2. The summed E-state index contributed by atoms with van der Waals surface area (Å²) in [6.07, 6.45) is -0.0376. The molecule has 0 bridgehead atoms. The number of halogens is 8. The monoisotopic (exact) mass is 792 g/mol. The van der Waals surface area contributed by atoms with Crippen LogP contribution in [0.15, 0.2) is 140 Å². The van der Waals surface area contributed by atoms with Gasteiger partial charge in [0.15, 0.2) is 0 Å². The van der Waals surface area contributed by atoms with Gasteiger partial charge in [0.25, 0.3) is 0 Å². The molecule has 0 nitrogen and oxygen atoms in total. The summed E-state index contributed by atoms with van der Waals surface area (Å²) in [4.78, 5) is 0. The van der Waals surface area contributed by atoms with Gasteiger partial charge in [0.2, 0.25) is 0 Å². The molecule has 0 unspecified atom stereocenters. The minimum absolute atomic E-state index is 0. The van der Waals surface area contributed by atoms with Crippen molar-refractivity contribution in [1.29, 1.82) is 0 Å². The molecule has 6 aromatic carbocycles. The van der Waals surface area contributed by atoms with E-state index in [-0.39, 0.29) is 28.4 Å². The van der Waals surface area contributed by atoms with E-state index in [1.807, 2.05) is 24.3 Å². The van der Waals surface area contributed by atoms with Crippen LogP contribution in [0, 0.1) is 0 Å². The first kappa shape index (κ1) is 36.0. The Morgan fingerprint density at radius 3 is 1.66 bits per heavy atom. The van der Waals surface area contributed by atoms with Crippen molar-refractivity contribution in [3.63, 3.8) is 0 Å². The SMILES string of the molecule is FC(F)(F)c1ccc([C](c2ccc(C(F)(F)F)cc2)=[Zr+2]([c]2cccc3c2c2c(c4ccccc43)-c3ccccc3C2)[CH]2C=CC=C2)cc1.[Cl-].[Cl-]. The first-order valence-corrected chi connectivity index (χ1v) is 19.5. The van der Waals surface area contributed by atoms with Crippen molar-refractivity contribution in [2.75, 3.05) is 0 Å². The predicted molar refractivity (Wildman–Crippen MR) is 177 cm³/mol. The third-order valence-electron chi connectivity index (χ3n) is 9.45. The average Bonchev–Trinajstić information content (AvgIpc) is 3.75. The van der Waals surface area contributed by atoms with Crippen LogP contribution in [-0.4, -0.2) is 3.21 Å². The molecular weight excluding hydrogens is 769 g/mol. The zero-order valence-electron chi connectivity index (χ0n) is 26.1. The summed E-state index contributed by atoms with van der Waals surface area (Å²) in [7, 11) is 0. The minimum atomic E-state index is -4.52. The third kappa shape index (κ3) is 6.23. The molecule has 0 heterocycles. The van der Waals surface area contributed by atoms with Crippen LogP contribution < -0.4 is 28.1 Å². The normalized spacial score (nSPS) is 13.4. The molecule has 0 amide bonds. The van der Waals surface area contributed by atoms with Gasteiger partial charge in [-0.25, -0.2) is 0 Å². The van der Waals surface area contributed by atoms with Gasteiger partial charge >= 0.3 is 282 Å². The third-order valence-corrected chi connectivity index (χ3v) is 17.2. The standard InChI is InChI=1S/C21H13.C15H8F6.C5H5.2ClH.Zr/c1-2-8-15-14(7-1)13-20-18-11-4-3-9-16(18)17-10-5-6-12-19(17)21(15)20;16-14(17,18)12-5-1-10(2-6-12)9-11-3-7-13(8-4-11)15(19,20)21;1-2-4-5-3-1;;;/h1-10,12H,13H2;1-8H;1-5H;2*1H;/q;;;;;+2/p-2. The van der Waals surface area contributed by atoms with E-state index in [4.69, 9.17) is 0 Å². The Morgan fingerprint density at radius 1 is 0.560 bits per heavy atom. The molecule has 0 saturated heterocycles. The maximum Gasteiger partial charge on any atom is -1.00 e. The van der Waals surface area contributed by atoms with Crippen molar-refractivity contribution in [2.45, 2.75) is 22.4 Å². The number of alkyl halides is 6. The molecule has 0 radical (unpaired) electrons. The molecule has 2 aliphatic carbocycles. The molecule has 0 fully saturated rings. The summed E-state index contributed by atoms with van der Waals surface area (Å²) in [6, 6.07) is 33.4. The summed E-state index contributed by atoms with van der Waals surface area (Å²) in [5, 5.41) is 4.55. The maximum atomic E-state index is 13.7. The number of rotatable bonds is 4. The quantitative estimate of drug-likeness (QED) is 0.173. The number of benzene rings is 6. The molecule has 6 aromatic rings. The Labute approximate surface area is 305 Å². The summed E-state index contributed by atoms with van der Waals surface area (Å²) in [5.41, 5.74) is 4.52. The Hall–Kier alpha value is -3.77. The second-order valence-electron chi connectivity index (χ2n) is 12.2. The molecular formula is C41H26Cl2F6Zr. The van der Waals surface area contributed by atoms with E-state index in [0.29, 0.717) is 11.1 Å². The van der Waals surface area contributed by atoms with Crippen LogP contribution in [0.4, 0.5) is 26.3 Å². The molecule has 0 atom stereocenters. The van der Waals surface area contributed by atoms with Crippen LogP contribution >= 0.6 is 0 Å². The van der Waals surface area contributed by atoms with Gasteiger partial charge in [-0.3, -0.25) is 0 Å². The summed E-state index contributed by atoms with van der Waals surface area (Å²) in [6.45, 7) is 0. The molecule has 0 saturated carbocycles. The first-order chi connectivity index (χ1) is 23.1. The van der Waals surface area contributed by atoms with Gasteiger partial charge in [-0.15, -0.1) is 0 Å². The van der Waals surface area contributed by atoms with Crippen molar-refractivity contribution in [1.82, 2.24) is 0 Å². The van der Waals surface area contributed by atoms with Gasteiger partial charge in [-0.1, -0.05) is 0 Å². The molecule has 2 aliphatic rings. The molecule has 0 aromatic heterocycles. The van der Waals surface area contributed by atoms with Crippen LogP contribution in [0.1, 0.15) is 33.4 Å². The number of allylic oxidation sites excluding steroid dienone is 4. The molecule has 0 spiro atoms. The van der Waals surface area contributed by atoms with Gasteiger partial charge in [-0.2, -0.15) is 0 Å². The zero-order valence-corrected chi connectivity index (χ0v) is 30.1. The van der Waals surface area contributed by atoms with Crippen LogP contribution in [0.5, 0.6) is 0 Å². The van der Waals surface area contributed by atoms with E-state index in [2.05, 4.69) is 66.7 Å². The van der Waals surface area contributed by atoms with Crippen molar-refractivity contribution in [3.8, 4) is 11.1 Å². The molecule has 8 rings (SSSR count). The summed E-state index contributed by atoms with van der Waals surface area (Å²) < 4.78 is 84.2. The Kier molecular flexibility index (Phi) is 9.91. The number of hydrogen-bond donors (Lipinski definition) is 0. The van der Waals surface area contributed by atoms with E-state index in [1.54, 1.807) is 0 Å².